The van der Waals surface area contributed by atoms with Crippen LogP contribution in [0, 0.1) is 5.82 Å². The molecule has 0 aliphatic carbocycles. The topological polar surface area (TPSA) is 55.9 Å². The molecule has 1 fully saturated rings. The van der Waals surface area contributed by atoms with E-state index in [-0.39, 0.29) is 12.4 Å². The molecule has 0 bridgehead atoms. The van der Waals surface area contributed by atoms with Crippen molar-refractivity contribution in [2.24, 2.45) is 0 Å². The molecular weight excluding hydrogens is 492 g/mol. The molecule has 1 saturated heterocycles. The fraction of sp³-hybridized carbons (Fsp3) is 0.423. The molecule has 6 nitrogen and oxygen atoms in total. The zero-order valence-corrected chi connectivity index (χ0v) is 21.3. The first-order chi connectivity index (χ1) is 16.6. The number of ether oxygens (including phenoxy) is 3. The summed E-state index contributed by atoms with van der Waals surface area (Å²) in [6.07, 6.45) is 4.44. The van der Waals surface area contributed by atoms with Gasteiger partial charge in [0.25, 0.3) is 0 Å². The van der Waals surface area contributed by atoms with Crippen LogP contribution in [0.2, 0.25) is 5.02 Å². The second kappa shape index (κ2) is 11.6. The number of benzene rings is 2. The minimum absolute atomic E-state index is 0. The van der Waals surface area contributed by atoms with E-state index in [2.05, 4.69) is 27.3 Å². The van der Waals surface area contributed by atoms with Crippen molar-refractivity contribution in [3.63, 3.8) is 0 Å². The van der Waals surface area contributed by atoms with Crippen molar-refractivity contribution in [2.45, 2.75) is 31.8 Å². The first kappa shape index (κ1) is 25.8. The SMILES string of the molecule is COc1cc(F)c2ncc(Cl)c(CCN3CCC(NCc4ccc5c(c4)OCCO5)CC3)c2c1.Cl. The van der Waals surface area contributed by atoms with Crippen molar-refractivity contribution >= 4 is 34.9 Å². The summed E-state index contributed by atoms with van der Waals surface area (Å²) in [6, 6.07) is 9.81. The molecule has 3 heterocycles. The summed E-state index contributed by atoms with van der Waals surface area (Å²) < 4.78 is 31.0. The summed E-state index contributed by atoms with van der Waals surface area (Å²) in [5, 5.41) is 4.97. The van der Waals surface area contributed by atoms with Crippen molar-refractivity contribution in [1.29, 1.82) is 0 Å². The zero-order chi connectivity index (χ0) is 23.5. The Hall–Kier alpha value is -2.32. The third-order valence-electron chi connectivity index (χ3n) is 6.66. The largest absolute Gasteiger partial charge is 0.497 e. The number of nitrogens with zero attached hydrogens (tertiary/aromatic N) is 2. The summed E-state index contributed by atoms with van der Waals surface area (Å²) in [5.74, 6) is 1.74. The molecule has 3 aromatic rings. The van der Waals surface area contributed by atoms with Crippen LogP contribution in [0.25, 0.3) is 10.9 Å². The molecule has 0 radical (unpaired) electrons. The number of hydrogen-bond acceptors (Lipinski definition) is 6. The zero-order valence-electron chi connectivity index (χ0n) is 19.7. The lowest BCUT2D eigenvalue weighted by atomic mass is 10.0. The van der Waals surface area contributed by atoms with E-state index in [1.807, 2.05) is 12.1 Å². The van der Waals surface area contributed by atoms with Gasteiger partial charge in [-0.3, -0.25) is 4.98 Å². The van der Waals surface area contributed by atoms with Gasteiger partial charge in [-0.15, -0.1) is 12.4 Å². The van der Waals surface area contributed by atoms with Crippen molar-refractivity contribution in [2.75, 3.05) is 40.0 Å². The highest BCUT2D eigenvalue weighted by Crippen LogP contribution is 2.32. The minimum atomic E-state index is -0.392. The summed E-state index contributed by atoms with van der Waals surface area (Å²) >= 11 is 6.46. The first-order valence-corrected chi connectivity index (χ1v) is 12.1. The van der Waals surface area contributed by atoms with Crippen LogP contribution in [0.3, 0.4) is 0 Å². The van der Waals surface area contributed by atoms with E-state index >= 15 is 0 Å². The van der Waals surface area contributed by atoms with Gasteiger partial charge in [-0.25, -0.2) is 4.39 Å². The second-order valence-corrected chi connectivity index (χ2v) is 9.22. The highest BCUT2D eigenvalue weighted by Gasteiger charge is 2.20. The lowest BCUT2D eigenvalue weighted by molar-refractivity contribution is 0.171. The number of rotatable bonds is 7. The van der Waals surface area contributed by atoms with E-state index in [1.54, 1.807) is 6.20 Å². The van der Waals surface area contributed by atoms with Crippen LogP contribution < -0.4 is 19.5 Å². The number of aromatic nitrogens is 1. The highest BCUT2D eigenvalue weighted by atomic mass is 35.5. The smallest absolute Gasteiger partial charge is 0.161 e. The monoisotopic (exact) mass is 521 g/mol. The van der Waals surface area contributed by atoms with Gasteiger partial charge in [-0.2, -0.15) is 0 Å². The lowest BCUT2D eigenvalue weighted by Gasteiger charge is -2.32. The molecular formula is C26H30Cl2FN3O3. The Kier molecular flexibility index (Phi) is 8.55. The predicted octanol–water partition coefficient (Wildman–Crippen LogP) is 5.03. The van der Waals surface area contributed by atoms with E-state index in [0.29, 0.717) is 35.5 Å². The van der Waals surface area contributed by atoms with Gasteiger partial charge in [0, 0.05) is 36.8 Å². The van der Waals surface area contributed by atoms with Crippen molar-refractivity contribution in [3.8, 4) is 17.2 Å². The lowest BCUT2D eigenvalue weighted by Crippen LogP contribution is -2.42. The van der Waals surface area contributed by atoms with E-state index in [4.69, 9.17) is 25.8 Å². The van der Waals surface area contributed by atoms with Crippen LogP contribution in [0.1, 0.15) is 24.0 Å². The van der Waals surface area contributed by atoms with Gasteiger partial charge in [-0.05, 0) is 61.7 Å². The van der Waals surface area contributed by atoms with Gasteiger partial charge in [0.1, 0.15) is 24.5 Å². The standard InChI is InChI=1S/C26H29ClFN3O3.ClH/c1-32-19-13-21-20(22(27)16-30-26(21)23(28)14-19)6-9-31-7-4-18(5-8-31)29-15-17-2-3-24-25(12-17)34-11-10-33-24;/h2-3,12-14,16,18,29H,4-11,15H2,1H3;1H. The van der Waals surface area contributed by atoms with E-state index < -0.39 is 5.82 Å². The van der Waals surface area contributed by atoms with Gasteiger partial charge in [-0.1, -0.05) is 17.7 Å². The van der Waals surface area contributed by atoms with Gasteiger partial charge in [0.2, 0.25) is 0 Å². The number of hydrogen-bond donors (Lipinski definition) is 1. The molecule has 0 unspecified atom stereocenters. The molecule has 1 N–H and O–H groups in total. The van der Waals surface area contributed by atoms with Gasteiger partial charge < -0.3 is 24.4 Å². The fourth-order valence-electron chi connectivity index (χ4n) is 4.73. The molecule has 5 rings (SSSR count). The molecule has 0 spiro atoms. The Balaban J connectivity index is 0.00000289. The van der Waals surface area contributed by atoms with Gasteiger partial charge in [0.15, 0.2) is 17.3 Å². The Morgan fingerprint density at radius 2 is 1.91 bits per heavy atom. The maximum absolute atomic E-state index is 14.4. The van der Waals surface area contributed by atoms with Crippen LogP contribution in [-0.4, -0.2) is 55.9 Å². The number of methoxy groups -OCH3 is 1. The Morgan fingerprint density at radius 3 is 2.69 bits per heavy atom. The number of pyridine rings is 1. The number of fused-ring (bicyclic) bond motifs is 2. The number of nitrogens with one attached hydrogen (secondary N) is 1. The molecule has 0 atom stereocenters. The minimum Gasteiger partial charge on any atom is -0.497 e. The molecule has 2 aromatic carbocycles. The van der Waals surface area contributed by atoms with Gasteiger partial charge in [0.05, 0.1) is 12.1 Å². The normalized spacial score (nSPS) is 16.2. The molecule has 0 amide bonds. The maximum Gasteiger partial charge on any atom is 0.161 e. The summed E-state index contributed by atoms with van der Waals surface area (Å²) in [4.78, 5) is 6.64. The van der Waals surface area contributed by atoms with Crippen molar-refractivity contribution in [1.82, 2.24) is 15.2 Å². The van der Waals surface area contributed by atoms with Gasteiger partial charge >= 0.3 is 0 Å². The molecule has 35 heavy (non-hydrogen) atoms. The third-order valence-corrected chi connectivity index (χ3v) is 6.99. The van der Waals surface area contributed by atoms with Crippen LogP contribution in [0.4, 0.5) is 4.39 Å². The average Bonchev–Trinajstić information content (AvgIpc) is 2.87. The third kappa shape index (κ3) is 5.92. The average molecular weight is 522 g/mol. The van der Waals surface area contributed by atoms with Crippen LogP contribution >= 0.6 is 24.0 Å². The predicted molar refractivity (Wildman–Crippen MR) is 138 cm³/mol. The Morgan fingerprint density at radius 1 is 1.14 bits per heavy atom. The summed E-state index contributed by atoms with van der Waals surface area (Å²) in [5.41, 5.74) is 2.46. The molecule has 2 aliphatic heterocycles. The van der Waals surface area contributed by atoms with Crippen molar-refractivity contribution < 1.29 is 18.6 Å². The molecule has 0 saturated carbocycles. The number of piperidine rings is 1. The second-order valence-electron chi connectivity index (χ2n) is 8.81. The van der Waals surface area contributed by atoms with E-state index in [1.165, 1.54) is 18.7 Å². The molecule has 188 valence electrons. The number of halogens is 3. The van der Waals surface area contributed by atoms with Crippen LogP contribution in [0.15, 0.2) is 36.5 Å². The van der Waals surface area contributed by atoms with E-state index in [0.717, 1.165) is 67.9 Å². The Bertz CT molecular complexity index is 1170. The quantitative estimate of drug-likeness (QED) is 0.470. The summed E-state index contributed by atoms with van der Waals surface area (Å²) in [6.45, 7) is 4.91. The Labute approximate surface area is 216 Å². The van der Waals surface area contributed by atoms with E-state index in [9.17, 15) is 4.39 Å². The fourth-order valence-corrected chi connectivity index (χ4v) is 4.97. The molecule has 9 heteroatoms. The molecule has 2 aliphatic rings. The van der Waals surface area contributed by atoms with Crippen LogP contribution in [0.5, 0.6) is 17.2 Å². The summed E-state index contributed by atoms with van der Waals surface area (Å²) in [7, 11) is 1.53. The first-order valence-electron chi connectivity index (χ1n) is 11.8. The molecule has 1 aromatic heterocycles. The van der Waals surface area contributed by atoms with Crippen LogP contribution in [-0.2, 0) is 13.0 Å². The number of likely N-dealkylation sites (tertiary alicyclic amines) is 1. The maximum atomic E-state index is 14.4. The van der Waals surface area contributed by atoms with Crippen molar-refractivity contribution in [3.05, 3.63) is 58.5 Å². The highest BCUT2D eigenvalue weighted by molar-refractivity contribution is 6.32.